The van der Waals surface area contributed by atoms with E-state index in [0.29, 0.717) is 0 Å². The van der Waals surface area contributed by atoms with Gasteiger partial charge in [-0.25, -0.2) is 4.99 Å². The van der Waals surface area contributed by atoms with Crippen LogP contribution in [0.15, 0.2) is 4.99 Å². The lowest BCUT2D eigenvalue weighted by Gasteiger charge is -2.35. The fourth-order valence-corrected chi connectivity index (χ4v) is 2.80. The molecule has 1 aliphatic heterocycles. The van der Waals surface area contributed by atoms with Gasteiger partial charge in [-0.2, -0.15) is 0 Å². The highest BCUT2D eigenvalue weighted by molar-refractivity contribution is 8.13. The normalized spacial score (nSPS) is 29.6. The summed E-state index contributed by atoms with van der Waals surface area (Å²) in [4.78, 5) is 15.8. The molecule has 92 valence electrons. The summed E-state index contributed by atoms with van der Waals surface area (Å²) in [6.07, 6.45) is 2.21. The number of nitrogens with one attached hydrogen (secondary N) is 2. The molecule has 1 amide bonds. The number of thioether (sulfide) groups is 1. The molecule has 0 aromatic carbocycles. The number of nitrogens with zero attached hydrogens (tertiary/aromatic N) is 1. The van der Waals surface area contributed by atoms with E-state index in [1.165, 1.54) is 0 Å². The first-order chi connectivity index (χ1) is 7.50. The topological polar surface area (TPSA) is 53.5 Å². The first kappa shape index (κ1) is 13.4. The van der Waals surface area contributed by atoms with Gasteiger partial charge in [0.05, 0.1) is 0 Å². The van der Waals surface area contributed by atoms with Gasteiger partial charge < -0.3 is 10.6 Å². The number of carbonyl (C=O) groups excluding carboxylic acids is 1. The summed E-state index contributed by atoms with van der Waals surface area (Å²) < 4.78 is 0. The Kier molecular flexibility index (Phi) is 4.65. The van der Waals surface area contributed by atoms with E-state index in [0.717, 1.165) is 23.8 Å². The first-order valence-electron chi connectivity index (χ1n) is 5.71. The maximum atomic E-state index is 11.4. The average molecular weight is 243 g/mol. The van der Waals surface area contributed by atoms with Crippen LogP contribution in [0.4, 0.5) is 0 Å². The molecule has 1 rings (SSSR count). The molecule has 0 aliphatic carbocycles. The lowest BCUT2D eigenvalue weighted by atomic mass is 9.96. The van der Waals surface area contributed by atoms with E-state index in [4.69, 9.17) is 0 Å². The molecular formula is C11H21N3OS. The van der Waals surface area contributed by atoms with Gasteiger partial charge in [-0.3, -0.25) is 4.79 Å². The lowest BCUT2D eigenvalue weighted by Crippen LogP contribution is -2.48. The largest absolute Gasteiger partial charge is 0.360 e. The predicted octanol–water partition coefficient (Wildman–Crippen LogP) is 1.37. The zero-order chi connectivity index (χ0) is 12.2. The highest BCUT2D eigenvalue weighted by Gasteiger charge is 2.28. The molecule has 1 aliphatic rings. The van der Waals surface area contributed by atoms with Crippen LogP contribution in [0, 0.1) is 0 Å². The summed E-state index contributed by atoms with van der Waals surface area (Å²) in [6.45, 7) is 6.18. The van der Waals surface area contributed by atoms with E-state index in [2.05, 4.69) is 29.5 Å². The Balaban J connectivity index is 2.66. The van der Waals surface area contributed by atoms with Crippen molar-refractivity contribution in [1.29, 1.82) is 0 Å². The van der Waals surface area contributed by atoms with Gasteiger partial charge in [-0.15, -0.1) is 0 Å². The van der Waals surface area contributed by atoms with Crippen LogP contribution in [0.25, 0.3) is 0 Å². The zero-order valence-electron chi connectivity index (χ0n) is 10.5. The van der Waals surface area contributed by atoms with E-state index >= 15 is 0 Å². The maximum Gasteiger partial charge on any atom is 0.244 e. The molecule has 0 spiro atoms. The number of aliphatic imine (C=N–C) groups is 1. The van der Waals surface area contributed by atoms with Gasteiger partial charge in [-0.05, 0) is 26.7 Å². The quantitative estimate of drug-likeness (QED) is 0.787. The molecule has 2 N–H and O–H groups in total. The number of rotatable bonds is 3. The smallest absolute Gasteiger partial charge is 0.244 e. The van der Waals surface area contributed by atoms with Crippen LogP contribution < -0.4 is 10.6 Å². The van der Waals surface area contributed by atoms with Crippen LogP contribution in [0.3, 0.4) is 0 Å². The minimum absolute atomic E-state index is 0.0429. The number of carbonyl (C=O) groups is 1. The zero-order valence-corrected chi connectivity index (χ0v) is 11.3. The van der Waals surface area contributed by atoms with Crippen LogP contribution in [-0.2, 0) is 4.79 Å². The minimum atomic E-state index is -0.320. The average Bonchev–Trinajstić information content (AvgIpc) is 2.28. The van der Waals surface area contributed by atoms with Crippen LogP contribution in [0.5, 0.6) is 0 Å². The molecule has 1 saturated heterocycles. The van der Waals surface area contributed by atoms with Crippen molar-refractivity contribution >= 4 is 22.8 Å². The molecule has 5 heteroatoms. The number of amidine groups is 1. The van der Waals surface area contributed by atoms with Crippen molar-refractivity contribution < 1.29 is 4.79 Å². The molecule has 0 bridgehead atoms. The van der Waals surface area contributed by atoms with Crippen molar-refractivity contribution in [3.8, 4) is 0 Å². The maximum absolute atomic E-state index is 11.4. The van der Waals surface area contributed by atoms with Crippen LogP contribution >= 0.6 is 11.8 Å². The van der Waals surface area contributed by atoms with Crippen LogP contribution in [0.2, 0.25) is 0 Å². The molecule has 0 aromatic heterocycles. The summed E-state index contributed by atoms with van der Waals surface area (Å²) in [5, 5.41) is 6.92. The van der Waals surface area contributed by atoms with Gasteiger partial charge in [0, 0.05) is 18.3 Å². The van der Waals surface area contributed by atoms with Crippen molar-refractivity contribution in [2.45, 2.75) is 45.2 Å². The molecule has 2 atom stereocenters. The second-order valence-electron chi connectivity index (χ2n) is 4.36. The summed E-state index contributed by atoms with van der Waals surface area (Å²) in [5.74, 6) is 1.02. The highest BCUT2D eigenvalue weighted by Crippen LogP contribution is 2.25. The molecule has 16 heavy (non-hydrogen) atoms. The van der Waals surface area contributed by atoms with Crippen molar-refractivity contribution in [2.75, 3.05) is 12.8 Å². The van der Waals surface area contributed by atoms with Crippen LogP contribution in [0.1, 0.15) is 33.6 Å². The number of likely N-dealkylation sites (N-methyl/N-ethyl adjacent to an activating group) is 1. The highest BCUT2D eigenvalue weighted by atomic mass is 32.2. The molecule has 2 unspecified atom stereocenters. The fraction of sp³-hybridized carbons (Fsp3) is 0.818. The van der Waals surface area contributed by atoms with Gasteiger partial charge >= 0.3 is 0 Å². The van der Waals surface area contributed by atoms with Gasteiger partial charge in [0.2, 0.25) is 5.91 Å². The number of amides is 1. The SMILES string of the molecule is CCC1(C)CCSC(=NC(C)C(=O)NC)N1. The Morgan fingerprint density at radius 1 is 1.75 bits per heavy atom. The Bertz CT molecular complexity index is 293. The third kappa shape index (κ3) is 3.40. The first-order valence-corrected chi connectivity index (χ1v) is 6.69. The lowest BCUT2D eigenvalue weighted by molar-refractivity contribution is -0.121. The second-order valence-corrected chi connectivity index (χ2v) is 5.45. The summed E-state index contributed by atoms with van der Waals surface area (Å²) in [5.41, 5.74) is 0.131. The molecule has 4 nitrogen and oxygen atoms in total. The molecule has 0 aromatic rings. The Morgan fingerprint density at radius 3 is 3.00 bits per heavy atom. The second kappa shape index (κ2) is 5.57. The summed E-state index contributed by atoms with van der Waals surface area (Å²) in [6, 6.07) is -0.320. The van der Waals surface area contributed by atoms with Gasteiger partial charge in [0.1, 0.15) is 6.04 Å². The molecule has 0 saturated carbocycles. The van der Waals surface area contributed by atoms with Crippen molar-refractivity contribution in [1.82, 2.24) is 10.6 Å². The number of hydrogen-bond donors (Lipinski definition) is 2. The van der Waals surface area contributed by atoms with Gasteiger partial charge in [0.25, 0.3) is 0 Å². The summed E-state index contributed by atoms with van der Waals surface area (Å²) in [7, 11) is 1.64. The van der Waals surface area contributed by atoms with Crippen molar-refractivity contribution in [3.63, 3.8) is 0 Å². The molecular weight excluding hydrogens is 222 g/mol. The molecule has 1 heterocycles. The van der Waals surface area contributed by atoms with E-state index in [-0.39, 0.29) is 17.5 Å². The third-order valence-electron chi connectivity index (χ3n) is 3.02. The molecule has 1 fully saturated rings. The molecule has 0 radical (unpaired) electrons. The van der Waals surface area contributed by atoms with E-state index < -0.39 is 0 Å². The Morgan fingerprint density at radius 2 is 2.44 bits per heavy atom. The Hall–Kier alpha value is -0.710. The number of hydrogen-bond acceptors (Lipinski definition) is 3. The Labute approximate surface area is 102 Å². The van der Waals surface area contributed by atoms with Crippen molar-refractivity contribution in [2.24, 2.45) is 4.99 Å². The fourth-order valence-electron chi connectivity index (χ4n) is 1.51. The standard InChI is InChI=1S/C11H21N3OS/c1-5-11(3)6-7-16-10(14-11)13-8(2)9(15)12-4/h8H,5-7H2,1-4H3,(H,12,15)(H,13,14). The van der Waals surface area contributed by atoms with E-state index in [1.807, 2.05) is 6.92 Å². The van der Waals surface area contributed by atoms with E-state index in [9.17, 15) is 4.79 Å². The summed E-state index contributed by atoms with van der Waals surface area (Å²) >= 11 is 1.70. The van der Waals surface area contributed by atoms with Gasteiger partial charge in [-0.1, -0.05) is 18.7 Å². The minimum Gasteiger partial charge on any atom is -0.360 e. The van der Waals surface area contributed by atoms with Crippen LogP contribution in [-0.4, -0.2) is 35.5 Å². The predicted molar refractivity (Wildman–Crippen MR) is 69.9 cm³/mol. The van der Waals surface area contributed by atoms with E-state index in [1.54, 1.807) is 18.8 Å². The monoisotopic (exact) mass is 243 g/mol. The third-order valence-corrected chi connectivity index (χ3v) is 3.91. The van der Waals surface area contributed by atoms with Crippen molar-refractivity contribution in [3.05, 3.63) is 0 Å². The van der Waals surface area contributed by atoms with Gasteiger partial charge in [0.15, 0.2) is 5.17 Å².